The Morgan fingerprint density at radius 2 is 1.88 bits per heavy atom. The van der Waals surface area contributed by atoms with Gasteiger partial charge in [-0.25, -0.2) is 14.4 Å². The lowest BCUT2D eigenvalue weighted by atomic mass is 10.1. The van der Waals surface area contributed by atoms with Crippen LogP contribution in [0.5, 0.6) is 5.75 Å². The Morgan fingerprint density at radius 1 is 1.05 bits per heavy atom. The molecule has 2 atom stereocenters. The lowest BCUT2D eigenvalue weighted by molar-refractivity contribution is 0.210. The minimum atomic E-state index is -0.968. The Bertz CT molecular complexity index is 1660. The maximum Gasteiger partial charge on any atom is 0.141 e. The standard InChI is InChI=1S/C32H32ClFN4O3S/c1-4-38(5-2)28(19-42(3)39)31-14-13-29(41-31)22-9-11-27-25(16-22)32(36-20-35-27)37-24-10-12-30(26(33)17-24)40-18-21-7-6-8-23(34)15-21/h6-17,20,28H,4-5,18-19H2,1-3H3,(H,35,36,37)/t28-,42?/m0/s1. The van der Waals surface area contributed by atoms with Crippen LogP contribution in [0.25, 0.3) is 22.2 Å². The van der Waals surface area contributed by atoms with Crippen LogP contribution in [0.2, 0.25) is 5.02 Å². The van der Waals surface area contributed by atoms with E-state index in [0.29, 0.717) is 33.7 Å². The Hall–Kier alpha value is -3.63. The molecular formula is C32H32ClFN4O3S. The average Bonchev–Trinajstić information content (AvgIpc) is 3.47. The largest absolute Gasteiger partial charge is 0.616 e. The third-order valence-corrected chi connectivity index (χ3v) is 8.08. The number of anilines is 2. The Morgan fingerprint density at radius 3 is 2.62 bits per heavy atom. The summed E-state index contributed by atoms with van der Waals surface area (Å²) in [5.74, 6) is 2.80. The van der Waals surface area contributed by atoms with Crippen molar-refractivity contribution in [2.24, 2.45) is 0 Å². The number of hydrogen-bond acceptors (Lipinski definition) is 7. The molecule has 7 nitrogen and oxygen atoms in total. The number of nitrogens with zero attached hydrogens (tertiary/aromatic N) is 3. The second-order valence-electron chi connectivity index (χ2n) is 9.82. The van der Waals surface area contributed by atoms with Gasteiger partial charge in [-0.1, -0.05) is 48.8 Å². The van der Waals surface area contributed by atoms with Crippen LogP contribution in [0.1, 0.15) is 31.2 Å². The molecule has 42 heavy (non-hydrogen) atoms. The van der Waals surface area contributed by atoms with Gasteiger partial charge in [-0.05, 0) is 79.3 Å². The molecule has 5 aromatic rings. The monoisotopic (exact) mass is 606 g/mol. The van der Waals surface area contributed by atoms with Gasteiger partial charge in [0.1, 0.15) is 53.6 Å². The first-order chi connectivity index (χ1) is 20.3. The van der Waals surface area contributed by atoms with Gasteiger partial charge in [0.2, 0.25) is 0 Å². The van der Waals surface area contributed by atoms with E-state index in [2.05, 4.69) is 34.0 Å². The number of benzene rings is 3. The van der Waals surface area contributed by atoms with Gasteiger partial charge < -0.3 is 19.0 Å². The van der Waals surface area contributed by atoms with E-state index >= 15 is 0 Å². The quantitative estimate of drug-likeness (QED) is 0.145. The number of aromatic nitrogens is 2. The van der Waals surface area contributed by atoms with Crippen molar-refractivity contribution in [1.29, 1.82) is 0 Å². The van der Waals surface area contributed by atoms with Crippen molar-refractivity contribution in [2.45, 2.75) is 26.5 Å². The highest BCUT2D eigenvalue weighted by atomic mass is 35.5. The molecule has 0 bridgehead atoms. The van der Waals surface area contributed by atoms with Crippen molar-refractivity contribution in [3.63, 3.8) is 0 Å². The highest BCUT2D eigenvalue weighted by Gasteiger charge is 2.25. The van der Waals surface area contributed by atoms with Gasteiger partial charge in [0.15, 0.2) is 0 Å². The number of fused-ring (bicyclic) bond motifs is 1. The number of halogens is 2. The van der Waals surface area contributed by atoms with E-state index in [1.165, 1.54) is 18.5 Å². The zero-order chi connectivity index (χ0) is 29.6. The van der Waals surface area contributed by atoms with Crippen molar-refractivity contribution in [3.8, 4) is 17.1 Å². The first kappa shape index (κ1) is 29.8. The average molecular weight is 607 g/mol. The molecule has 0 saturated carbocycles. The number of ether oxygens (including phenoxy) is 1. The third kappa shape index (κ3) is 7.04. The first-order valence-electron chi connectivity index (χ1n) is 13.7. The normalized spacial score (nSPS) is 12.9. The van der Waals surface area contributed by atoms with Crippen LogP contribution in [0.4, 0.5) is 15.9 Å². The molecule has 0 spiro atoms. The van der Waals surface area contributed by atoms with Crippen molar-refractivity contribution in [3.05, 3.63) is 101 Å². The lowest BCUT2D eigenvalue weighted by Gasteiger charge is -2.27. The fourth-order valence-electron chi connectivity index (χ4n) is 4.87. The van der Waals surface area contributed by atoms with Crippen molar-refractivity contribution < 1.29 is 18.1 Å². The van der Waals surface area contributed by atoms with E-state index in [9.17, 15) is 8.94 Å². The number of furan rings is 1. The SMILES string of the molecule is CCN(CC)[C@@H](C[S+](C)[O-])c1ccc(-c2ccc3ncnc(Nc4ccc(OCc5cccc(F)c5)c(Cl)c4)c3c2)o1. The zero-order valence-electron chi connectivity index (χ0n) is 23.6. The summed E-state index contributed by atoms with van der Waals surface area (Å²) in [5, 5.41) is 4.56. The van der Waals surface area contributed by atoms with Gasteiger partial charge >= 0.3 is 0 Å². The molecule has 0 aliphatic rings. The van der Waals surface area contributed by atoms with Crippen LogP contribution in [0.3, 0.4) is 0 Å². The van der Waals surface area contributed by atoms with Crippen molar-refractivity contribution in [1.82, 2.24) is 14.9 Å². The Balaban J connectivity index is 1.37. The van der Waals surface area contributed by atoms with E-state index in [1.807, 2.05) is 36.4 Å². The van der Waals surface area contributed by atoms with Gasteiger partial charge in [0, 0.05) is 16.6 Å². The summed E-state index contributed by atoms with van der Waals surface area (Å²) in [4.78, 5) is 11.2. The van der Waals surface area contributed by atoms with Crippen molar-refractivity contribution in [2.75, 3.05) is 30.4 Å². The number of rotatable bonds is 12. The van der Waals surface area contributed by atoms with E-state index in [1.54, 1.807) is 30.5 Å². The van der Waals surface area contributed by atoms with Gasteiger partial charge in [0.05, 0.1) is 16.8 Å². The molecule has 1 unspecified atom stereocenters. The molecule has 3 aromatic carbocycles. The van der Waals surface area contributed by atoms with E-state index in [-0.39, 0.29) is 18.5 Å². The molecule has 2 heterocycles. The fourth-order valence-corrected chi connectivity index (χ4v) is 5.93. The summed E-state index contributed by atoms with van der Waals surface area (Å²) < 4.78 is 37.7. The molecule has 0 aliphatic heterocycles. The summed E-state index contributed by atoms with van der Waals surface area (Å²) in [6, 6.07) is 21.4. The smallest absolute Gasteiger partial charge is 0.141 e. The summed E-state index contributed by atoms with van der Waals surface area (Å²) in [7, 11) is 0. The highest BCUT2D eigenvalue weighted by Crippen LogP contribution is 2.34. The van der Waals surface area contributed by atoms with Crippen LogP contribution >= 0.6 is 11.6 Å². The molecule has 2 aromatic heterocycles. The fraction of sp³-hybridized carbons (Fsp3) is 0.250. The summed E-state index contributed by atoms with van der Waals surface area (Å²) in [6.07, 6.45) is 3.23. The topological polar surface area (TPSA) is 86.5 Å². The first-order valence-corrected chi connectivity index (χ1v) is 15.8. The minimum Gasteiger partial charge on any atom is -0.616 e. The number of hydrogen-bond donors (Lipinski definition) is 1. The predicted molar refractivity (Wildman–Crippen MR) is 167 cm³/mol. The molecule has 0 fully saturated rings. The molecule has 10 heteroatoms. The highest BCUT2D eigenvalue weighted by molar-refractivity contribution is 7.90. The summed E-state index contributed by atoms with van der Waals surface area (Å²) in [6.45, 7) is 6.06. The van der Waals surface area contributed by atoms with Crippen LogP contribution in [0.15, 0.2) is 83.5 Å². The third-order valence-electron chi connectivity index (χ3n) is 7.00. The second-order valence-corrected chi connectivity index (χ2v) is 11.7. The van der Waals surface area contributed by atoms with E-state index in [4.69, 9.17) is 20.8 Å². The maximum atomic E-state index is 13.5. The molecule has 0 radical (unpaired) electrons. The molecule has 0 saturated heterocycles. The van der Waals surface area contributed by atoms with Crippen LogP contribution in [-0.4, -0.2) is 44.5 Å². The molecule has 5 rings (SSSR count). The molecule has 0 aliphatic carbocycles. The van der Waals surface area contributed by atoms with E-state index in [0.717, 1.165) is 41.0 Å². The summed E-state index contributed by atoms with van der Waals surface area (Å²) >= 11 is 5.54. The van der Waals surface area contributed by atoms with Gasteiger partial charge in [-0.15, -0.1) is 0 Å². The summed E-state index contributed by atoms with van der Waals surface area (Å²) in [5.41, 5.74) is 3.08. The Labute approximate surface area is 252 Å². The molecule has 0 amide bonds. The molecule has 1 N–H and O–H groups in total. The molecular weight excluding hydrogens is 575 g/mol. The van der Waals surface area contributed by atoms with E-state index < -0.39 is 11.2 Å². The lowest BCUT2D eigenvalue weighted by Crippen LogP contribution is -2.32. The minimum absolute atomic E-state index is 0.0637. The Kier molecular flexibility index (Phi) is 9.64. The molecule has 218 valence electrons. The zero-order valence-corrected chi connectivity index (χ0v) is 25.2. The number of nitrogens with one attached hydrogen (secondary N) is 1. The van der Waals surface area contributed by atoms with Crippen LogP contribution < -0.4 is 10.1 Å². The van der Waals surface area contributed by atoms with Crippen molar-refractivity contribution >= 4 is 45.2 Å². The predicted octanol–water partition coefficient (Wildman–Crippen LogP) is 7.77. The maximum absolute atomic E-state index is 13.5. The van der Waals surface area contributed by atoms with Gasteiger partial charge in [-0.2, -0.15) is 0 Å². The van der Waals surface area contributed by atoms with Crippen LogP contribution in [0, 0.1) is 5.82 Å². The van der Waals surface area contributed by atoms with Gasteiger partial charge in [0.25, 0.3) is 0 Å². The van der Waals surface area contributed by atoms with Gasteiger partial charge in [-0.3, -0.25) is 4.90 Å². The van der Waals surface area contributed by atoms with Crippen LogP contribution in [-0.2, 0) is 17.8 Å². The second kappa shape index (κ2) is 13.6.